The Kier molecular flexibility index (Phi) is 9.22. The topological polar surface area (TPSA) is 58.6 Å². The predicted octanol–water partition coefficient (Wildman–Crippen LogP) is 3.36. The number of aliphatic hydroxyl groups is 1. The van der Waals surface area contributed by atoms with E-state index in [1.807, 2.05) is 6.92 Å². The van der Waals surface area contributed by atoms with E-state index in [4.69, 9.17) is 4.74 Å². The van der Waals surface area contributed by atoms with E-state index in [9.17, 15) is 9.90 Å². The average Bonchev–Trinajstić information content (AvgIpc) is 2.58. The second-order valence-corrected chi connectivity index (χ2v) is 6.01. The number of ether oxygens (including phenoxy) is 1. The molecule has 0 saturated heterocycles. The number of carbonyl (C=O) groups excluding carboxylic acids is 1. The lowest BCUT2D eigenvalue weighted by molar-refractivity contribution is 0.0985. The molecule has 0 bridgehead atoms. The van der Waals surface area contributed by atoms with Crippen LogP contribution in [0.25, 0.3) is 0 Å². The van der Waals surface area contributed by atoms with Crippen molar-refractivity contribution in [1.82, 2.24) is 5.32 Å². The Morgan fingerprint density at radius 3 is 2.52 bits per heavy atom. The molecular formula is C18H28ClNO3. The fourth-order valence-corrected chi connectivity index (χ4v) is 2.80. The molecule has 1 saturated carbocycles. The van der Waals surface area contributed by atoms with Crippen LogP contribution in [0.15, 0.2) is 24.3 Å². The quantitative estimate of drug-likeness (QED) is 0.712. The summed E-state index contributed by atoms with van der Waals surface area (Å²) in [4.78, 5) is 11.5. The minimum Gasteiger partial charge on any atom is -0.491 e. The second-order valence-electron chi connectivity index (χ2n) is 6.01. The van der Waals surface area contributed by atoms with E-state index >= 15 is 0 Å². The third-order valence-corrected chi connectivity index (χ3v) is 4.19. The Hall–Kier alpha value is -1.10. The Morgan fingerprint density at radius 1 is 1.26 bits per heavy atom. The number of aliphatic hydroxyl groups excluding tert-OH is 1. The molecule has 1 fully saturated rings. The lowest BCUT2D eigenvalue weighted by atomic mass is 9.95. The molecule has 1 atom stereocenters. The maximum absolute atomic E-state index is 11.5. The minimum atomic E-state index is -0.515. The molecule has 2 rings (SSSR count). The zero-order chi connectivity index (χ0) is 15.8. The first-order valence-corrected chi connectivity index (χ1v) is 8.36. The summed E-state index contributed by atoms with van der Waals surface area (Å²) in [5.74, 6) is 0.813. The van der Waals surface area contributed by atoms with Crippen LogP contribution in [0.4, 0.5) is 0 Å². The Balaban J connectivity index is 0.00000264. The number of ketones is 1. The largest absolute Gasteiger partial charge is 0.491 e. The zero-order valence-corrected chi connectivity index (χ0v) is 14.6. The highest BCUT2D eigenvalue weighted by Gasteiger charge is 2.14. The second kappa shape index (κ2) is 10.6. The van der Waals surface area contributed by atoms with Crippen LogP contribution in [0.2, 0.25) is 0 Å². The molecule has 0 amide bonds. The third kappa shape index (κ3) is 6.90. The lowest BCUT2D eigenvalue weighted by Gasteiger charge is -2.24. The number of nitrogens with one attached hydrogen (secondary N) is 1. The van der Waals surface area contributed by atoms with Crippen molar-refractivity contribution in [3.8, 4) is 5.75 Å². The van der Waals surface area contributed by atoms with Crippen molar-refractivity contribution in [2.75, 3.05) is 13.2 Å². The van der Waals surface area contributed by atoms with Crippen LogP contribution >= 0.6 is 12.4 Å². The summed E-state index contributed by atoms with van der Waals surface area (Å²) in [6, 6.07) is 7.65. The predicted molar refractivity (Wildman–Crippen MR) is 94.7 cm³/mol. The lowest BCUT2D eigenvalue weighted by Crippen LogP contribution is -2.38. The van der Waals surface area contributed by atoms with Gasteiger partial charge in [0, 0.05) is 24.6 Å². The molecule has 130 valence electrons. The van der Waals surface area contributed by atoms with Gasteiger partial charge >= 0.3 is 0 Å². The molecular weight excluding hydrogens is 314 g/mol. The number of Topliss-reactive ketones (excluding diaryl/α,β-unsaturated/α-hetero) is 1. The number of carbonyl (C=O) groups is 1. The number of hydrogen-bond donors (Lipinski definition) is 2. The Labute approximate surface area is 145 Å². The molecule has 2 N–H and O–H groups in total. The van der Waals surface area contributed by atoms with Crippen LogP contribution in [0, 0.1) is 0 Å². The molecule has 0 spiro atoms. The highest BCUT2D eigenvalue weighted by atomic mass is 35.5. The smallest absolute Gasteiger partial charge is 0.162 e. The summed E-state index contributed by atoms with van der Waals surface area (Å²) >= 11 is 0. The van der Waals surface area contributed by atoms with Gasteiger partial charge < -0.3 is 15.2 Å². The van der Waals surface area contributed by atoms with E-state index in [1.54, 1.807) is 24.3 Å². The molecule has 1 unspecified atom stereocenters. The number of hydrogen-bond acceptors (Lipinski definition) is 4. The van der Waals surface area contributed by atoms with Crippen LogP contribution in [-0.2, 0) is 0 Å². The van der Waals surface area contributed by atoms with Gasteiger partial charge in [-0.15, -0.1) is 12.4 Å². The fourth-order valence-electron chi connectivity index (χ4n) is 2.80. The van der Waals surface area contributed by atoms with Gasteiger partial charge in [0.2, 0.25) is 0 Å². The van der Waals surface area contributed by atoms with E-state index in [1.165, 1.54) is 32.1 Å². The van der Waals surface area contributed by atoms with Crippen LogP contribution in [0.5, 0.6) is 5.75 Å². The molecule has 1 aromatic rings. The summed E-state index contributed by atoms with van der Waals surface area (Å²) < 4.78 is 5.57. The van der Waals surface area contributed by atoms with Crippen molar-refractivity contribution < 1.29 is 14.6 Å². The van der Waals surface area contributed by atoms with Crippen molar-refractivity contribution in [3.63, 3.8) is 0 Å². The van der Waals surface area contributed by atoms with Gasteiger partial charge in [-0.3, -0.25) is 4.79 Å². The average molecular weight is 342 g/mol. The summed E-state index contributed by atoms with van der Waals surface area (Å²) in [5, 5.41) is 13.4. The standard InChI is InChI=1S/C18H27NO3.ClH/c1-2-18(21)14-8-10-17(11-9-14)22-13-16(20)12-19-15-6-4-3-5-7-15;/h8-11,15-16,19-20H,2-7,12-13H2,1H3;1H. The van der Waals surface area contributed by atoms with Crippen molar-refractivity contribution in [1.29, 1.82) is 0 Å². The molecule has 1 aromatic carbocycles. The van der Waals surface area contributed by atoms with E-state index in [2.05, 4.69) is 5.32 Å². The van der Waals surface area contributed by atoms with Gasteiger partial charge in [0.1, 0.15) is 18.5 Å². The van der Waals surface area contributed by atoms with E-state index < -0.39 is 6.10 Å². The molecule has 0 radical (unpaired) electrons. The first-order chi connectivity index (χ1) is 10.7. The molecule has 1 aliphatic rings. The van der Waals surface area contributed by atoms with Crippen molar-refractivity contribution in [3.05, 3.63) is 29.8 Å². The van der Waals surface area contributed by atoms with E-state index in [-0.39, 0.29) is 24.8 Å². The monoisotopic (exact) mass is 341 g/mol. The van der Waals surface area contributed by atoms with Gasteiger partial charge in [-0.05, 0) is 37.1 Å². The molecule has 23 heavy (non-hydrogen) atoms. The van der Waals surface area contributed by atoms with Gasteiger partial charge in [0.25, 0.3) is 0 Å². The molecule has 0 heterocycles. The van der Waals surface area contributed by atoms with E-state index in [0.717, 1.165) is 0 Å². The summed E-state index contributed by atoms with van der Waals surface area (Å²) in [6.07, 6.45) is 6.31. The number of benzene rings is 1. The van der Waals surface area contributed by atoms with Gasteiger partial charge in [0.15, 0.2) is 5.78 Å². The molecule has 1 aliphatic carbocycles. The van der Waals surface area contributed by atoms with Crippen molar-refractivity contribution >= 4 is 18.2 Å². The summed E-state index contributed by atoms with van der Waals surface area (Å²) in [6.45, 7) is 2.68. The highest BCUT2D eigenvalue weighted by Crippen LogP contribution is 2.17. The molecule has 0 aromatic heterocycles. The van der Waals surface area contributed by atoms with Crippen LogP contribution < -0.4 is 10.1 Å². The Bertz CT molecular complexity index is 458. The number of halogens is 1. The fraction of sp³-hybridized carbons (Fsp3) is 0.611. The maximum Gasteiger partial charge on any atom is 0.162 e. The van der Waals surface area contributed by atoms with Gasteiger partial charge in [-0.25, -0.2) is 0 Å². The summed E-state index contributed by atoms with van der Waals surface area (Å²) in [7, 11) is 0. The Morgan fingerprint density at radius 2 is 1.91 bits per heavy atom. The highest BCUT2D eigenvalue weighted by molar-refractivity contribution is 5.95. The summed E-state index contributed by atoms with van der Waals surface area (Å²) in [5.41, 5.74) is 0.703. The SMILES string of the molecule is CCC(=O)c1ccc(OCC(O)CNC2CCCCC2)cc1.Cl. The first kappa shape index (κ1) is 19.9. The minimum absolute atomic E-state index is 0. The van der Waals surface area contributed by atoms with Gasteiger partial charge in [0.05, 0.1) is 0 Å². The van der Waals surface area contributed by atoms with E-state index in [0.29, 0.717) is 30.3 Å². The third-order valence-electron chi connectivity index (χ3n) is 4.19. The maximum atomic E-state index is 11.5. The zero-order valence-electron chi connectivity index (χ0n) is 13.8. The van der Waals surface area contributed by atoms with Crippen molar-refractivity contribution in [2.45, 2.75) is 57.6 Å². The van der Waals surface area contributed by atoms with Crippen LogP contribution in [-0.4, -0.2) is 36.2 Å². The van der Waals surface area contributed by atoms with Crippen LogP contribution in [0.3, 0.4) is 0 Å². The van der Waals surface area contributed by atoms with Crippen LogP contribution in [0.1, 0.15) is 55.8 Å². The first-order valence-electron chi connectivity index (χ1n) is 8.36. The molecule has 0 aliphatic heterocycles. The number of rotatable bonds is 8. The normalized spacial score (nSPS) is 16.4. The van der Waals surface area contributed by atoms with Gasteiger partial charge in [-0.2, -0.15) is 0 Å². The molecule has 4 nitrogen and oxygen atoms in total. The molecule has 5 heteroatoms. The van der Waals surface area contributed by atoms with Crippen molar-refractivity contribution in [2.24, 2.45) is 0 Å². The van der Waals surface area contributed by atoms with Gasteiger partial charge in [-0.1, -0.05) is 26.2 Å².